The van der Waals surface area contributed by atoms with Gasteiger partial charge in [-0.1, -0.05) is 45.1 Å². The molecule has 0 bridgehead atoms. The van der Waals surface area contributed by atoms with Crippen molar-refractivity contribution in [2.45, 2.75) is 39.2 Å². The maximum absolute atomic E-state index is 12.7. The lowest BCUT2D eigenvalue weighted by Crippen LogP contribution is -2.46. The molecule has 5 nitrogen and oxygen atoms in total. The summed E-state index contributed by atoms with van der Waals surface area (Å²) in [6, 6.07) is 4.41. The Morgan fingerprint density at radius 1 is 1.38 bits per heavy atom. The molecule has 0 aromatic heterocycles. The van der Waals surface area contributed by atoms with E-state index in [1.807, 2.05) is 13.8 Å². The molecule has 0 aliphatic heterocycles. The number of carbonyl (C=O) groups is 3. The van der Waals surface area contributed by atoms with E-state index in [-0.39, 0.29) is 24.2 Å². The molecule has 5 heteroatoms. The number of rotatable bonds is 7. The highest BCUT2D eigenvalue weighted by molar-refractivity contribution is 6.06. The summed E-state index contributed by atoms with van der Waals surface area (Å²) in [5.74, 6) is -0.822. The molecule has 128 valence electrons. The normalized spacial score (nSPS) is 15.3. The van der Waals surface area contributed by atoms with E-state index in [1.54, 1.807) is 18.2 Å². The van der Waals surface area contributed by atoms with Gasteiger partial charge < -0.3 is 10.1 Å². The van der Waals surface area contributed by atoms with Crippen molar-refractivity contribution < 1.29 is 19.1 Å². The van der Waals surface area contributed by atoms with Crippen LogP contribution < -0.4 is 5.32 Å². The van der Waals surface area contributed by atoms with Crippen molar-refractivity contribution in [3.8, 4) is 0 Å². The molecule has 1 aliphatic rings. The van der Waals surface area contributed by atoms with Crippen molar-refractivity contribution in [2.24, 2.45) is 5.92 Å². The molecule has 1 aromatic rings. The highest BCUT2D eigenvalue weighted by atomic mass is 16.5. The standard InChI is InChI=1S/C19H23NO4/c1-4-11-24-19(23)17(12(3)5-2)20-18(22)15-8-6-7-14-13(15)9-10-16(14)21/h4,6-8,12,17H,1,5,9-11H2,2-3H3,(H,20,22)/t12-,17-/m0/s1. The van der Waals surface area contributed by atoms with Gasteiger partial charge in [-0.25, -0.2) is 4.79 Å². The second kappa shape index (κ2) is 7.90. The Labute approximate surface area is 142 Å². The third kappa shape index (κ3) is 3.72. The van der Waals surface area contributed by atoms with Crippen LogP contribution in [0.5, 0.6) is 0 Å². The van der Waals surface area contributed by atoms with Crippen LogP contribution >= 0.6 is 0 Å². The number of ketones is 1. The van der Waals surface area contributed by atoms with Crippen LogP contribution in [-0.2, 0) is 16.0 Å². The molecular formula is C19H23NO4. The van der Waals surface area contributed by atoms with Crippen molar-refractivity contribution >= 4 is 17.7 Å². The topological polar surface area (TPSA) is 72.5 Å². The largest absolute Gasteiger partial charge is 0.460 e. The van der Waals surface area contributed by atoms with Gasteiger partial charge in [0.2, 0.25) is 0 Å². The third-order valence-corrected chi connectivity index (χ3v) is 4.42. The zero-order chi connectivity index (χ0) is 17.7. The summed E-state index contributed by atoms with van der Waals surface area (Å²) >= 11 is 0. The molecule has 0 saturated heterocycles. The Kier molecular flexibility index (Phi) is 5.90. The zero-order valence-corrected chi connectivity index (χ0v) is 14.1. The van der Waals surface area contributed by atoms with Crippen molar-refractivity contribution in [1.82, 2.24) is 5.32 Å². The molecule has 0 unspecified atom stereocenters. The summed E-state index contributed by atoms with van der Waals surface area (Å²) in [5, 5.41) is 2.78. The Morgan fingerprint density at radius 3 is 2.79 bits per heavy atom. The first-order valence-corrected chi connectivity index (χ1v) is 8.23. The number of fused-ring (bicyclic) bond motifs is 1. The molecule has 2 rings (SSSR count). The molecule has 1 amide bonds. The zero-order valence-electron chi connectivity index (χ0n) is 14.1. The minimum Gasteiger partial charge on any atom is -0.460 e. The van der Waals surface area contributed by atoms with Crippen molar-refractivity contribution in [1.29, 1.82) is 0 Å². The van der Waals surface area contributed by atoms with E-state index in [0.717, 1.165) is 12.0 Å². The number of Topliss-reactive ketones (excluding diaryl/α,β-unsaturated/α-hetero) is 1. The van der Waals surface area contributed by atoms with Crippen molar-refractivity contribution in [2.75, 3.05) is 6.61 Å². The first-order valence-electron chi connectivity index (χ1n) is 8.23. The van der Waals surface area contributed by atoms with Crippen LogP contribution in [0.15, 0.2) is 30.9 Å². The van der Waals surface area contributed by atoms with E-state index in [9.17, 15) is 14.4 Å². The smallest absolute Gasteiger partial charge is 0.329 e. The summed E-state index contributed by atoms with van der Waals surface area (Å²) < 4.78 is 5.10. The first kappa shape index (κ1) is 17.9. The maximum Gasteiger partial charge on any atom is 0.329 e. The van der Waals surface area contributed by atoms with Crippen LogP contribution in [0.2, 0.25) is 0 Å². The predicted molar refractivity (Wildman–Crippen MR) is 91.0 cm³/mol. The molecule has 0 saturated carbocycles. The van der Waals surface area contributed by atoms with E-state index >= 15 is 0 Å². The van der Waals surface area contributed by atoms with Gasteiger partial charge in [0.1, 0.15) is 12.6 Å². The fraction of sp³-hybridized carbons (Fsp3) is 0.421. The molecule has 0 heterocycles. The van der Waals surface area contributed by atoms with E-state index in [1.165, 1.54) is 6.08 Å². The summed E-state index contributed by atoms with van der Waals surface area (Å²) in [5.41, 5.74) is 1.84. The van der Waals surface area contributed by atoms with E-state index < -0.39 is 12.0 Å². The van der Waals surface area contributed by atoms with Gasteiger partial charge in [-0.05, 0) is 24.0 Å². The summed E-state index contributed by atoms with van der Waals surface area (Å²) in [6.45, 7) is 7.46. The number of benzene rings is 1. The van der Waals surface area contributed by atoms with Crippen molar-refractivity contribution in [3.05, 3.63) is 47.5 Å². The van der Waals surface area contributed by atoms with Gasteiger partial charge in [0, 0.05) is 17.5 Å². The van der Waals surface area contributed by atoms with Crippen LogP contribution in [0.4, 0.5) is 0 Å². The van der Waals surface area contributed by atoms with E-state index in [4.69, 9.17) is 4.74 Å². The third-order valence-electron chi connectivity index (χ3n) is 4.42. The molecule has 1 N–H and O–H groups in total. The van der Waals surface area contributed by atoms with E-state index in [2.05, 4.69) is 11.9 Å². The lowest BCUT2D eigenvalue weighted by molar-refractivity contribution is -0.146. The first-order chi connectivity index (χ1) is 11.5. The average Bonchev–Trinajstić information content (AvgIpc) is 2.98. The predicted octanol–water partition coefficient (Wildman–Crippen LogP) is 2.69. The number of nitrogens with one attached hydrogen (secondary N) is 1. The monoisotopic (exact) mass is 329 g/mol. The number of ether oxygens (including phenoxy) is 1. The molecule has 24 heavy (non-hydrogen) atoms. The van der Waals surface area contributed by atoms with Gasteiger partial charge in [-0.2, -0.15) is 0 Å². The Bertz CT molecular complexity index is 665. The van der Waals surface area contributed by atoms with Gasteiger partial charge >= 0.3 is 5.97 Å². The molecule has 1 aliphatic carbocycles. The van der Waals surface area contributed by atoms with Crippen LogP contribution in [0.3, 0.4) is 0 Å². The Morgan fingerprint density at radius 2 is 2.12 bits per heavy atom. The van der Waals surface area contributed by atoms with Gasteiger partial charge in [-0.3, -0.25) is 9.59 Å². The molecule has 0 fully saturated rings. The summed E-state index contributed by atoms with van der Waals surface area (Å²) in [6.07, 6.45) is 3.20. The quantitative estimate of drug-likeness (QED) is 0.616. The van der Waals surface area contributed by atoms with Gasteiger partial charge in [0.15, 0.2) is 5.78 Å². The second-order valence-corrected chi connectivity index (χ2v) is 6.01. The minimum atomic E-state index is -0.726. The summed E-state index contributed by atoms with van der Waals surface area (Å²) in [4.78, 5) is 36.7. The van der Waals surface area contributed by atoms with Gasteiger partial charge in [-0.15, -0.1) is 0 Å². The lowest BCUT2D eigenvalue weighted by Gasteiger charge is -2.23. The lowest BCUT2D eigenvalue weighted by atomic mass is 9.97. The summed E-state index contributed by atoms with van der Waals surface area (Å²) in [7, 11) is 0. The van der Waals surface area contributed by atoms with Gasteiger partial charge in [0.05, 0.1) is 0 Å². The van der Waals surface area contributed by atoms with Gasteiger partial charge in [0.25, 0.3) is 5.91 Å². The van der Waals surface area contributed by atoms with E-state index in [0.29, 0.717) is 24.0 Å². The van der Waals surface area contributed by atoms with Crippen LogP contribution in [-0.4, -0.2) is 30.3 Å². The molecule has 0 radical (unpaired) electrons. The SMILES string of the molecule is C=CCOC(=O)[C@@H](NC(=O)c1cccc2c1CCC2=O)[C@@H](C)CC. The van der Waals surface area contributed by atoms with Crippen molar-refractivity contribution in [3.63, 3.8) is 0 Å². The van der Waals surface area contributed by atoms with Crippen LogP contribution in [0.1, 0.15) is 53.0 Å². The Hall–Kier alpha value is -2.43. The highest BCUT2D eigenvalue weighted by Crippen LogP contribution is 2.25. The highest BCUT2D eigenvalue weighted by Gasteiger charge is 2.30. The number of amides is 1. The maximum atomic E-state index is 12.7. The Balaban J connectivity index is 2.21. The number of esters is 1. The fourth-order valence-corrected chi connectivity index (χ4v) is 2.82. The minimum absolute atomic E-state index is 0.0588. The second-order valence-electron chi connectivity index (χ2n) is 6.01. The average molecular weight is 329 g/mol. The van der Waals surface area contributed by atoms with Crippen LogP contribution in [0, 0.1) is 5.92 Å². The molecule has 1 aromatic carbocycles. The number of carbonyl (C=O) groups excluding carboxylic acids is 3. The molecule has 2 atom stereocenters. The van der Waals surface area contributed by atoms with Crippen LogP contribution in [0.25, 0.3) is 0 Å². The fourth-order valence-electron chi connectivity index (χ4n) is 2.82. The molecular weight excluding hydrogens is 306 g/mol. The molecule has 0 spiro atoms. The number of hydrogen-bond donors (Lipinski definition) is 1. The number of hydrogen-bond acceptors (Lipinski definition) is 4.